The second-order valence-electron chi connectivity index (χ2n) is 15.2. The summed E-state index contributed by atoms with van der Waals surface area (Å²) < 4.78 is 5.82. The number of carbonyl (C=O) groups excluding carboxylic acids is 2. The molecule has 0 radical (unpaired) electrons. The van der Waals surface area contributed by atoms with Crippen molar-refractivity contribution < 1.29 is 24.5 Å². The largest absolute Gasteiger partial charge is 0.461 e. The van der Waals surface area contributed by atoms with E-state index in [2.05, 4.69) is 86.8 Å². The lowest BCUT2D eigenvalue weighted by Crippen LogP contribution is -2.46. The molecule has 0 aliphatic carbocycles. The van der Waals surface area contributed by atoms with Crippen molar-refractivity contribution in [2.24, 2.45) is 0 Å². The number of hydrogen-bond acceptors (Lipinski definition) is 5. The molecule has 0 aromatic carbocycles. The van der Waals surface area contributed by atoms with Gasteiger partial charge in [0.15, 0.2) is 0 Å². The summed E-state index contributed by atoms with van der Waals surface area (Å²) in [5, 5.41) is 23.6. The van der Waals surface area contributed by atoms with Crippen molar-refractivity contribution in [2.45, 2.75) is 193 Å². The number of ether oxygens (including phenoxy) is 1. The van der Waals surface area contributed by atoms with Crippen LogP contribution in [0, 0.1) is 0 Å². The van der Waals surface area contributed by atoms with Crippen LogP contribution in [-0.2, 0) is 14.3 Å². The zero-order valence-electron chi connectivity index (χ0n) is 37.6. The Morgan fingerprint density at radius 3 is 1.56 bits per heavy atom. The van der Waals surface area contributed by atoms with Gasteiger partial charge in [0.05, 0.1) is 25.2 Å². The van der Waals surface area contributed by atoms with E-state index in [4.69, 9.17) is 4.74 Å². The number of hydrogen-bond donors (Lipinski definition) is 3. The molecule has 3 N–H and O–H groups in total. The van der Waals surface area contributed by atoms with Crippen LogP contribution in [0.4, 0.5) is 0 Å². The Labute approximate surface area is 361 Å². The third-order valence-electron chi connectivity index (χ3n) is 9.67. The van der Waals surface area contributed by atoms with Gasteiger partial charge in [0.1, 0.15) is 6.10 Å². The number of aliphatic hydroxyl groups excluding tert-OH is 2. The quantitative estimate of drug-likeness (QED) is 0.0249. The monoisotopic (exact) mass is 816 g/mol. The molecule has 59 heavy (non-hydrogen) atoms. The summed E-state index contributed by atoms with van der Waals surface area (Å²) in [6, 6.07) is -0.748. The van der Waals surface area contributed by atoms with E-state index in [9.17, 15) is 19.8 Å². The Kier molecular flexibility index (Phi) is 42.5. The smallest absolute Gasteiger partial charge is 0.306 e. The van der Waals surface area contributed by atoms with Gasteiger partial charge in [-0.25, -0.2) is 0 Å². The van der Waals surface area contributed by atoms with Crippen LogP contribution in [0.2, 0.25) is 0 Å². The van der Waals surface area contributed by atoms with Crippen molar-refractivity contribution in [3.8, 4) is 0 Å². The van der Waals surface area contributed by atoms with Crippen molar-refractivity contribution >= 4 is 11.9 Å². The second-order valence-corrected chi connectivity index (χ2v) is 15.2. The molecule has 0 heterocycles. The summed E-state index contributed by atoms with van der Waals surface area (Å²) in [6.07, 6.45) is 62.7. The molecule has 0 bridgehead atoms. The van der Waals surface area contributed by atoms with Gasteiger partial charge < -0.3 is 20.3 Å². The number of amides is 1. The van der Waals surface area contributed by atoms with Gasteiger partial charge in [0.25, 0.3) is 0 Å². The second kappa shape index (κ2) is 45.3. The molecular formula is C53H85NO5. The Morgan fingerprint density at radius 2 is 1.02 bits per heavy atom. The first-order chi connectivity index (χ1) is 29.0. The standard InChI is InChI=1S/C53H85NO5/c1-4-7-10-13-16-19-22-24-26-28-30-32-35-38-41-44-49(59-53(58)46-43-40-37-34-31-29-27-25-23-20-17-14-11-8-5-2)47-52(57)54-50(48-55)51(56)45-42-39-36-33-21-18-15-12-9-6-3/h7-8,10-11,14,16-17,19-20,23-27,29-32,38,41,49-51,55-56H,4-6,9,12-13,15,18,21-22,28,33-37,39-40,42-48H2,1-3H3,(H,54,57)/b10-7-,11-8+,17-14+,19-16-,23-20-,26-24-,27-25-,31-29+,32-30-,41-38-. The zero-order valence-corrected chi connectivity index (χ0v) is 37.6. The summed E-state index contributed by atoms with van der Waals surface area (Å²) in [5.74, 6) is -0.646. The normalized spacial score (nSPS) is 14.5. The number of esters is 1. The van der Waals surface area contributed by atoms with Gasteiger partial charge >= 0.3 is 5.97 Å². The third-order valence-corrected chi connectivity index (χ3v) is 9.67. The SMILES string of the molecule is CC/C=C\C/C=C\C/C=C\C/C=C\C/C=C\CC(CC(=O)NC(CO)C(O)CCCCCCCCCCCC)OC(=O)CCCCC/C=C/C=C\C=C/C=C/C=C/CC. The predicted octanol–water partition coefficient (Wildman–Crippen LogP) is 13.7. The maximum absolute atomic E-state index is 13.1. The molecule has 0 aromatic heterocycles. The summed E-state index contributed by atoms with van der Waals surface area (Å²) in [7, 11) is 0. The van der Waals surface area contributed by atoms with E-state index in [1.54, 1.807) is 0 Å². The molecule has 0 spiro atoms. The molecule has 0 saturated carbocycles. The van der Waals surface area contributed by atoms with E-state index in [1.165, 1.54) is 44.9 Å². The van der Waals surface area contributed by atoms with Gasteiger partial charge in [-0.05, 0) is 64.2 Å². The predicted molar refractivity (Wildman–Crippen MR) is 254 cm³/mol. The van der Waals surface area contributed by atoms with Crippen molar-refractivity contribution in [3.05, 3.63) is 122 Å². The van der Waals surface area contributed by atoms with Gasteiger partial charge in [-0.1, -0.05) is 213 Å². The van der Waals surface area contributed by atoms with E-state index < -0.39 is 18.2 Å². The number of rotatable bonds is 39. The average molecular weight is 816 g/mol. The average Bonchev–Trinajstić information content (AvgIpc) is 3.23. The fraction of sp³-hybridized carbons (Fsp3) is 0.585. The minimum absolute atomic E-state index is 0.0266. The third kappa shape index (κ3) is 40.8. The number of aliphatic hydroxyl groups is 2. The maximum Gasteiger partial charge on any atom is 0.306 e. The highest BCUT2D eigenvalue weighted by molar-refractivity contribution is 5.77. The van der Waals surface area contributed by atoms with Crippen LogP contribution in [0.3, 0.4) is 0 Å². The highest BCUT2D eigenvalue weighted by Gasteiger charge is 2.23. The molecule has 0 saturated heterocycles. The molecule has 0 aromatic rings. The van der Waals surface area contributed by atoms with Crippen molar-refractivity contribution in [2.75, 3.05) is 6.61 Å². The maximum atomic E-state index is 13.1. The number of nitrogens with one attached hydrogen (secondary N) is 1. The molecule has 1 amide bonds. The van der Waals surface area contributed by atoms with E-state index in [1.807, 2.05) is 60.8 Å². The molecule has 3 atom stereocenters. The molecule has 0 aliphatic heterocycles. The fourth-order valence-corrected chi connectivity index (χ4v) is 6.18. The Balaban J connectivity index is 4.88. The van der Waals surface area contributed by atoms with Crippen LogP contribution in [0.15, 0.2) is 122 Å². The van der Waals surface area contributed by atoms with Gasteiger partial charge in [-0.2, -0.15) is 0 Å². The van der Waals surface area contributed by atoms with Crippen molar-refractivity contribution in [1.82, 2.24) is 5.32 Å². The molecule has 3 unspecified atom stereocenters. The van der Waals surface area contributed by atoms with Crippen molar-refractivity contribution in [3.63, 3.8) is 0 Å². The van der Waals surface area contributed by atoms with Crippen LogP contribution >= 0.6 is 0 Å². The van der Waals surface area contributed by atoms with Crippen LogP contribution < -0.4 is 5.32 Å². The minimum atomic E-state index is -0.826. The van der Waals surface area contributed by atoms with Gasteiger partial charge in [0.2, 0.25) is 5.91 Å². The minimum Gasteiger partial charge on any atom is -0.461 e. The zero-order chi connectivity index (χ0) is 43.1. The van der Waals surface area contributed by atoms with Gasteiger partial charge in [-0.3, -0.25) is 9.59 Å². The Bertz CT molecular complexity index is 1280. The van der Waals surface area contributed by atoms with Crippen LogP contribution in [0.25, 0.3) is 0 Å². The molecule has 0 aliphatic rings. The Morgan fingerprint density at radius 1 is 0.542 bits per heavy atom. The van der Waals surface area contributed by atoms with E-state index in [0.717, 1.165) is 83.5 Å². The summed E-state index contributed by atoms with van der Waals surface area (Å²) in [6.45, 7) is 6.14. The number of unbranched alkanes of at least 4 members (excludes halogenated alkanes) is 12. The molecule has 0 rings (SSSR count). The number of carbonyl (C=O) groups is 2. The first kappa shape index (κ1) is 55.3. The highest BCUT2D eigenvalue weighted by Crippen LogP contribution is 2.15. The van der Waals surface area contributed by atoms with E-state index in [0.29, 0.717) is 19.3 Å². The van der Waals surface area contributed by atoms with Crippen molar-refractivity contribution in [1.29, 1.82) is 0 Å². The summed E-state index contributed by atoms with van der Waals surface area (Å²) >= 11 is 0. The first-order valence-electron chi connectivity index (χ1n) is 23.3. The number of allylic oxidation sites excluding steroid dienone is 19. The topological polar surface area (TPSA) is 95.9 Å². The molecular weight excluding hydrogens is 731 g/mol. The van der Waals surface area contributed by atoms with Gasteiger partial charge in [0, 0.05) is 12.8 Å². The summed E-state index contributed by atoms with van der Waals surface area (Å²) in [4.78, 5) is 26.0. The Hall–Kier alpha value is -3.74. The van der Waals surface area contributed by atoms with E-state index >= 15 is 0 Å². The van der Waals surface area contributed by atoms with E-state index in [-0.39, 0.29) is 24.9 Å². The van der Waals surface area contributed by atoms with Crippen LogP contribution in [0.1, 0.15) is 175 Å². The molecule has 6 heteroatoms. The summed E-state index contributed by atoms with van der Waals surface area (Å²) in [5.41, 5.74) is 0. The lowest BCUT2D eigenvalue weighted by Gasteiger charge is -2.24. The van der Waals surface area contributed by atoms with Gasteiger partial charge in [-0.15, -0.1) is 0 Å². The molecule has 332 valence electrons. The highest BCUT2D eigenvalue weighted by atomic mass is 16.5. The van der Waals surface area contributed by atoms with Crippen LogP contribution in [-0.4, -0.2) is 46.9 Å². The lowest BCUT2D eigenvalue weighted by molar-refractivity contribution is -0.150. The lowest BCUT2D eigenvalue weighted by atomic mass is 10.0. The molecule has 0 fully saturated rings. The van der Waals surface area contributed by atoms with Crippen LogP contribution in [0.5, 0.6) is 0 Å². The first-order valence-corrected chi connectivity index (χ1v) is 23.3. The fourth-order valence-electron chi connectivity index (χ4n) is 6.18. The molecule has 6 nitrogen and oxygen atoms in total.